The van der Waals surface area contributed by atoms with Gasteiger partial charge in [0.05, 0.1) is 12.3 Å². The smallest absolute Gasteiger partial charge is 0.108 e. The van der Waals surface area contributed by atoms with Crippen molar-refractivity contribution < 1.29 is 4.42 Å². The van der Waals surface area contributed by atoms with Gasteiger partial charge in [-0.05, 0) is 30.2 Å². The van der Waals surface area contributed by atoms with Crippen LogP contribution >= 0.6 is 0 Å². The van der Waals surface area contributed by atoms with E-state index in [1.807, 2.05) is 0 Å². The quantitative estimate of drug-likeness (QED) is 0.842. The first-order valence-corrected chi connectivity index (χ1v) is 7.18. The van der Waals surface area contributed by atoms with Crippen molar-refractivity contribution in [3.8, 4) is 0 Å². The number of nitrogens with one attached hydrogen (secondary N) is 1. The average molecular weight is 257 g/mol. The lowest BCUT2D eigenvalue weighted by Crippen LogP contribution is -2.22. The third-order valence-corrected chi connectivity index (χ3v) is 3.54. The summed E-state index contributed by atoms with van der Waals surface area (Å²) in [5.41, 5.74) is 3.94. The highest BCUT2D eigenvalue weighted by Crippen LogP contribution is 2.26. The van der Waals surface area contributed by atoms with Crippen LogP contribution in [0.1, 0.15) is 49.3 Å². The van der Waals surface area contributed by atoms with E-state index in [1.165, 1.54) is 16.7 Å². The number of benzene rings is 1. The number of furan rings is 1. The third-order valence-electron chi connectivity index (χ3n) is 3.54. The molecule has 1 aromatic carbocycles. The number of hydrogen-bond donors (Lipinski definition) is 1. The lowest BCUT2D eigenvalue weighted by molar-refractivity contribution is 0.502. The second-order valence-corrected chi connectivity index (χ2v) is 4.74. The average Bonchev–Trinajstić information content (AvgIpc) is 2.93. The van der Waals surface area contributed by atoms with E-state index in [4.69, 9.17) is 4.42 Å². The van der Waals surface area contributed by atoms with E-state index in [1.54, 1.807) is 6.26 Å². The van der Waals surface area contributed by atoms with Gasteiger partial charge in [0.25, 0.3) is 0 Å². The maximum Gasteiger partial charge on any atom is 0.108 e. The maximum atomic E-state index is 5.57. The van der Waals surface area contributed by atoms with Crippen molar-refractivity contribution in [2.24, 2.45) is 0 Å². The minimum absolute atomic E-state index is 0.226. The normalized spacial score (nSPS) is 12.6. The van der Waals surface area contributed by atoms with E-state index in [0.29, 0.717) is 0 Å². The zero-order chi connectivity index (χ0) is 13.7. The highest BCUT2D eigenvalue weighted by molar-refractivity contribution is 5.35. The minimum Gasteiger partial charge on any atom is -0.469 e. The van der Waals surface area contributed by atoms with Gasteiger partial charge in [0.2, 0.25) is 0 Å². The molecule has 0 aliphatic rings. The Labute approximate surface area is 115 Å². The summed E-state index contributed by atoms with van der Waals surface area (Å²) >= 11 is 0. The summed E-state index contributed by atoms with van der Waals surface area (Å²) in [6.07, 6.45) is 3.80. The molecule has 1 unspecified atom stereocenters. The molecule has 1 aromatic heterocycles. The van der Waals surface area contributed by atoms with E-state index in [-0.39, 0.29) is 6.04 Å². The molecule has 1 heterocycles. The fourth-order valence-electron chi connectivity index (χ4n) is 2.45. The van der Waals surface area contributed by atoms with Gasteiger partial charge in [-0.3, -0.25) is 0 Å². The van der Waals surface area contributed by atoms with E-state index in [9.17, 15) is 0 Å². The van der Waals surface area contributed by atoms with E-state index in [0.717, 1.165) is 25.1 Å². The molecule has 0 spiro atoms. The van der Waals surface area contributed by atoms with Gasteiger partial charge in [-0.15, -0.1) is 0 Å². The molecule has 0 saturated heterocycles. The van der Waals surface area contributed by atoms with Gasteiger partial charge >= 0.3 is 0 Å². The topological polar surface area (TPSA) is 25.2 Å². The molecule has 2 heteroatoms. The Balaban J connectivity index is 2.33. The van der Waals surface area contributed by atoms with E-state index in [2.05, 4.69) is 56.4 Å². The molecule has 0 aliphatic heterocycles. The SMILES string of the molecule is CCNC(c1ccc(CC)cc1)c1ccoc1CC. The molecular weight excluding hydrogens is 234 g/mol. The van der Waals surface area contributed by atoms with Crippen molar-refractivity contribution >= 4 is 0 Å². The highest BCUT2D eigenvalue weighted by Gasteiger charge is 2.17. The Kier molecular flexibility index (Phi) is 4.80. The first kappa shape index (κ1) is 13.9. The van der Waals surface area contributed by atoms with Crippen molar-refractivity contribution in [3.05, 3.63) is 59.0 Å². The van der Waals surface area contributed by atoms with Gasteiger partial charge in [0, 0.05) is 12.0 Å². The Hall–Kier alpha value is -1.54. The van der Waals surface area contributed by atoms with Crippen molar-refractivity contribution in [2.75, 3.05) is 6.54 Å². The van der Waals surface area contributed by atoms with Gasteiger partial charge in [-0.25, -0.2) is 0 Å². The van der Waals surface area contributed by atoms with Crippen LogP contribution in [0.4, 0.5) is 0 Å². The number of rotatable bonds is 6. The fourth-order valence-corrected chi connectivity index (χ4v) is 2.45. The summed E-state index contributed by atoms with van der Waals surface area (Å²) in [5, 5.41) is 3.55. The van der Waals surface area contributed by atoms with Crippen LogP contribution in [0.2, 0.25) is 0 Å². The van der Waals surface area contributed by atoms with Crippen LogP contribution in [0.5, 0.6) is 0 Å². The summed E-state index contributed by atoms with van der Waals surface area (Å²) in [6, 6.07) is 11.2. The second-order valence-electron chi connectivity index (χ2n) is 4.74. The molecule has 1 atom stereocenters. The first-order chi connectivity index (χ1) is 9.30. The summed E-state index contributed by atoms with van der Waals surface area (Å²) in [7, 11) is 0. The number of hydrogen-bond acceptors (Lipinski definition) is 2. The Morgan fingerprint density at radius 2 is 1.74 bits per heavy atom. The van der Waals surface area contributed by atoms with Crippen molar-refractivity contribution in [2.45, 2.75) is 39.7 Å². The minimum atomic E-state index is 0.226. The molecule has 0 bridgehead atoms. The molecule has 19 heavy (non-hydrogen) atoms. The van der Waals surface area contributed by atoms with Crippen molar-refractivity contribution in [1.82, 2.24) is 5.32 Å². The first-order valence-electron chi connectivity index (χ1n) is 7.18. The summed E-state index contributed by atoms with van der Waals surface area (Å²) in [4.78, 5) is 0. The summed E-state index contributed by atoms with van der Waals surface area (Å²) < 4.78 is 5.57. The Morgan fingerprint density at radius 1 is 1.00 bits per heavy atom. The molecule has 2 rings (SSSR count). The van der Waals surface area contributed by atoms with Gasteiger partial charge in [-0.2, -0.15) is 0 Å². The zero-order valence-corrected chi connectivity index (χ0v) is 12.1. The molecule has 1 N–H and O–H groups in total. The maximum absolute atomic E-state index is 5.57. The summed E-state index contributed by atoms with van der Waals surface area (Å²) in [5.74, 6) is 1.07. The predicted molar refractivity (Wildman–Crippen MR) is 79.4 cm³/mol. The van der Waals surface area contributed by atoms with Crippen LogP contribution in [-0.2, 0) is 12.8 Å². The summed E-state index contributed by atoms with van der Waals surface area (Å²) in [6.45, 7) is 7.39. The molecule has 102 valence electrons. The van der Waals surface area contributed by atoms with Crippen LogP contribution in [0.25, 0.3) is 0 Å². The van der Waals surface area contributed by atoms with E-state index >= 15 is 0 Å². The fraction of sp³-hybridized carbons (Fsp3) is 0.412. The monoisotopic (exact) mass is 257 g/mol. The lowest BCUT2D eigenvalue weighted by atomic mass is 9.97. The standard InChI is InChI=1S/C17H23NO/c1-4-13-7-9-14(10-8-13)17(18-6-3)15-11-12-19-16(15)5-2/h7-12,17-18H,4-6H2,1-3H3. The van der Waals surface area contributed by atoms with Crippen LogP contribution in [0, 0.1) is 0 Å². The van der Waals surface area contributed by atoms with Gasteiger partial charge in [0.15, 0.2) is 0 Å². The van der Waals surface area contributed by atoms with Gasteiger partial charge in [0.1, 0.15) is 5.76 Å². The Bertz CT molecular complexity index is 498. The van der Waals surface area contributed by atoms with Gasteiger partial charge < -0.3 is 9.73 Å². The van der Waals surface area contributed by atoms with Crippen molar-refractivity contribution in [3.63, 3.8) is 0 Å². The largest absolute Gasteiger partial charge is 0.469 e. The van der Waals surface area contributed by atoms with E-state index < -0.39 is 0 Å². The molecule has 0 saturated carbocycles. The van der Waals surface area contributed by atoms with Crippen LogP contribution in [-0.4, -0.2) is 6.54 Å². The zero-order valence-electron chi connectivity index (χ0n) is 12.1. The predicted octanol–water partition coefficient (Wildman–Crippen LogP) is 4.10. The molecular formula is C17H23NO. The van der Waals surface area contributed by atoms with Crippen LogP contribution < -0.4 is 5.32 Å². The molecule has 2 aromatic rings. The lowest BCUT2D eigenvalue weighted by Gasteiger charge is -2.18. The van der Waals surface area contributed by atoms with Gasteiger partial charge in [-0.1, -0.05) is 45.0 Å². The molecule has 0 radical (unpaired) electrons. The van der Waals surface area contributed by atoms with Crippen LogP contribution in [0.3, 0.4) is 0 Å². The van der Waals surface area contributed by atoms with Crippen LogP contribution in [0.15, 0.2) is 41.0 Å². The molecule has 0 aliphatic carbocycles. The Morgan fingerprint density at radius 3 is 2.32 bits per heavy atom. The highest BCUT2D eigenvalue weighted by atomic mass is 16.3. The second kappa shape index (κ2) is 6.58. The molecule has 0 fully saturated rings. The number of aryl methyl sites for hydroxylation is 2. The van der Waals surface area contributed by atoms with Crippen molar-refractivity contribution in [1.29, 1.82) is 0 Å². The molecule has 2 nitrogen and oxygen atoms in total. The third kappa shape index (κ3) is 3.07. The molecule has 0 amide bonds.